The van der Waals surface area contributed by atoms with Crippen molar-refractivity contribution in [1.29, 1.82) is 0 Å². The van der Waals surface area contributed by atoms with Crippen LogP contribution in [0.1, 0.15) is 35.7 Å². The second-order valence-electron chi connectivity index (χ2n) is 8.54. The quantitative estimate of drug-likeness (QED) is 0.504. The first-order chi connectivity index (χ1) is 16.3. The largest absolute Gasteiger partial charge is 0.465 e. The molecule has 1 amide bonds. The van der Waals surface area contributed by atoms with Crippen LogP contribution in [0.5, 0.6) is 0 Å². The third kappa shape index (κ3) is 5.91. The number of hydrogen-bond donors (Lipinski definition) is 2. The first-order valence-corrected chi connectivity index (χ1v) is 12.9. The molecule has 1 saturated heterocycles. The van der Waals surface area contributed by atoms with Crippen LogP contribution >= 0.6 is 0 Å². The maximum absolute atomic E-state index is 13.1. The highest BCUT2D eigenvalue weighted by Gasteiger charge is 2.31. The maximum atomic E-state index is 13.1. The average Bonchev–Trinajstić information content (AvgIpc) is 2.82. The fraction of sp³-hybridized carbons (Fsp3) is 0.360. The molecule has 0 saturated carbocycles. The van der Waals surface area contributed by atoms with Crippen molar-refractivity contribution >= 4 is 27.0 Å². The number of hydrogen-bond acceptors (Lipinski definition) is 5. The van der Waals surface area contributed by atoms with E-state index in [1.807, 2.05) is 37.3 Å². The number of para-hydroxylation sites is 1. The highest BCUT2D eigenvalue weighted by molar-refractivity contribution is 7.89. The summed E-state index contributed by atoms with van der Waals surface area (Å²) in [6, 6.07) is 17.9. The highest BCUT2D eigenvalue weighted by atomic mass is 32.2. The molecule has 2 N–H and O–H groups in total. The summed E-state index contributed by atoms with van der Waals surface area (Å²) in [5.74, 6) is -0.322. The van der Waals surface area contributed by atoms with Crippen LogP contribution in [0.2, 0.25) is 0 Å². The van der Waals surface area contributed by atoms with Crippen molar-refractivity contribution < 1.29 is 23.1 Å². The number of aryl methyl sites for hydroxylation is 1. The summed E-state index contributed by atoms with van der Waals surface area (Å²) in [4.78, 5) is 15.8. The number of sulfonamides is 1. The molecule has 8 nitrogen and oxygen atoms in total. The fourth-order valence-corrected chi connectivity index (χ4v) is 6.05. The zero-order valence-electron chi connectivity index (χ0n) is 19.1. The molecular weight excluding hydrogens is 454 g/mol. The van der Waals surface area contributed by atoms with E-state index in [-0.39, 0.29) is 11.9 Å². The Morgan fingerprint density at radius 1 is 1.15 bits per heavy atom. The minimum absolute atomic E-state index is 0.0410. The van der Waals surface area contributed by atoms with Crippen LogP contribution in [-0.2, 0) is 21.4 Å². The molecule has 4 rings (SSSR count). The van der Waals surface area contributed by atoms with Crippen molar-refractivity contribution in [2.24, 2.45) is 0 Å². The molecule has 1 aromatic heterocycles. The van der Waals surface area contributed by atoms with Crippen molar-refractivity contribution in [3.63, 3.8) is 0 Å². The van der Waals surface area contributed by atoms with Gasteiger partial charge in [0, 0.05) is 24.2 Å². The minimum Gasteiger partial charge on any atom is -0.465 e. The van der Waals surface area contributed by atoms with Gasteiger partial charge in [-0.05, 0) is 43.0 Å². The fourth-order valence-electron chi connectivity index (χ4n) is 4.37. The molecule has 2 heterocycles. The molecule has 0 radical (unpaired) electrons. The Balaban J connectivity index is 1.36. The van der Waals surface area contributed by atoms with Gasteiger partial charge in [-0.3, -0.25) is 4.98 Å². The number of rotatable bonds is 8. The number of aromatic nitrogens is 1. The van der Waals surface area contributed by atoms with E-state index in [0.717, 1.165) is 22.2 Å². The Labute approximate surface area is 199 Å². The van der Waals surface area contributed by atoms with Gasteiger partial charge in [-0.15, -0.1) is 0 Å². The van der Waals surface area contributed by atoms with E-state index in [0.29, 0.717) is 38.1 Å². The molecule has 0 bridgehead atoms. The number of piperidine rings is 1. The van der Waals surface area contributed by atoms with Gasteiger partial charge < -0.3 is 15.2 Å². The van der Waals surface area contributed by atoms with E-state index in [1.165, 1.54) is 4.31 Å². The molecular formula is C25H29N3O5S. The third-order valence-corrected chi connectivity index (χ3v) is 7.98. The highest BCUT2D eigenvalue weighted by Crippen LogP contribution is 2.24. The van der Waals surface area contributed by atoms with Gasteiger partial charge in [0.25, 0.3) is 0 Å². The lowest BCUT2D eigenvalue weighted by molar-refractivity contribution is 0.0107. The van der Waals surface area contributed by atoms with Crippen LogP contribution in [0.3, 0.4) is 0 Å². The van der Waals surface area contributed by atoms with Crippen molar-refractivity contribution in [2.45, 2.75) is 38.5 Å². The lowest BCUT2D eigenvalue weighted by Gasteiger charge is -2.32. The summed E-state index contributed by atoms with van der Waals surface area (Å²) in [6.45, 7) is 3.09. The Bertz CT molecular complexity index is 1240. The van der Waals surface area contributed by atoms with Gasteiger partial charge in [0.1, 0.15) is 0 Å². The first-order valence-electron chi connectivity index (χ1n) is 11.3. The second kappa shape index (κ2) is 10.5. The molecule has 1 unspecified atom stereocenters. The number of pyridine rings is 1. The summed E-state index contributed by atoms with van der Waals surface area (Å²) in [6.07, 6.45) is -0.122. The normalized spacial score (nSPS) is 16.4. The number of carboxylic acid groups (broad SMARTS) is 1. The van der Waals surface area contributed by atoms with Crippen LogP contribution in [0.25, 0.3) is 10.9 Å². The summed E-state index contributed by atoms with van der Waals surface area (Å²) < 4.78 is 33.7. The van der Waals surface area contributed by atoms with E-state index < -0.39 is 22.2 Å². The van der Waals surface area contributed by atoms with Crippen LogP contribution in [0.15, 0.2) is 60.7 Å². The smallest absolute Gasteiger partial charge is 0.405 e. The lowest BCUT2D eigenvalue weighted by Crippen LogP contribution is -2.44. The number of amides is 1. The number of nitrogens with one attached hydrogen (secondary N) is 1. The lowest BCUT2D eigenvalue weighted by atomic mass is 10.1. The molecule has 2 aromatic carbocycles. The molecule has 34 heavy (non-hydrogen) atoms. The minimum atomic E-state index is -3.66. The molecule has 1 atom stereocenters. The van der Waals surface area contributed by atoms with Crippen molar-refractivity contribution in [3.8, 4) is 0 Å². The van der Waals surface area contributed by atoms with Gasteiger partial charge in [-0.1, -0.05) is 48.5 Å². The van der Waals surface area contributed by atoms with Gasteiger partial charge in [0.15, 0.2) is 0 Å². The predicted molar refractivity (Wildman–Crippen MR) is 130 cm³/mol. The predicted octanol–water partition coefficient (Wildman–Crippen LogP) is 3.86. The zero-order valence-corrected chi connectivity index (χ0v) is 19.9. The van der Waals surface area contributed by atoms with Crippen LogP contribution in [-0.4, -0.2) is 53.9 Å². The van der Waals surface area contributed by atoms with Gasteiger partial charge in [-0.25, -0.2) is 17.5 Å². The van der Waals surface area contributed by atoms with E-state index in [4.69, 9.17) is 4.74 Å². The molecule has 3 aromatic rings. The van der Waals surface area contributed by atoms with Crippen molar-refractivity contribution in [1.82, 2.24) is 14.6 Å². The van der Waals surface area contributed by atoms with Crippen LogP contribution in [0.4, 0.5) is 4.79 Å². The van der Waals surface area contributed by atoms with Gasteiger partial charge in [-0.2, -0.15) is 0 Å². The second-order valence-corrected chi connectivity index (χ2v) is 10.6. The summed E-state index contributed by atoms with van der Waals surface area (Å²) in [7, 11) is -3.66. The van der Waals surface area contributed by atoms with Gasteiger partial charge in [0.05, 0.1) is 30.0 Å². The number of benzene rings is 2. The molecule has 1 aliphatic rings. The van der Waals surface area contributed by atoms with E-state index >= 15 is 0 Å². The maximum Gasteiger partial charge on any atom is 0.405 e. The third-order valence-electron chi connectivity index (χ3n) is 6.08. The summed E-state index contributed by atoms with van der Waals surface area (Å²) in [5, 5.41) is 12.6. The van der Waals surface area contributed by atoms with Crippen molar-refractivity contribution in [2.75, 3.05) is 18.8 Å². The first kappa shape index (κ1) is 24.1. The van der Waals surface area contributed by atoms with Gasteiger partial charge in [0.2, 0.25) is 10.0 Å². The SMILES string of the molecule is Cc1cc(COC2CCN(S(=O)(=O)CC(NC(=O)O)c3ccccc3)CC2)c2ccccc2n1. The Hall–Kier alpha value is -3.01. The number of fused-ring (bicyclic) bond motifs is 1. The van der Waals surface area contributed by atoms with Gasteiger partial charge >= 0.3 is 6.09 Å². The summed E-state index contributed by atoms with van der Waals surface area (Å²) >= 11 is 0. The zero-order chi connectivity index (χ0) is 24.1. The summed E-state index contributed by atoms with van der Waals surface area (Å²) in [5.41, 5.74) is 3.56. The Kier molecular flexibility index (Phi) is 7.45. The molecule has 180 valence electrons. The van der Waals surface area contributed by atoms with E-state index in [2.05, 4.69) is 10.3 Å². The Morgan fingerprint density at radius 3 is 2.53 bits per heavy atom. The van der Waals surface area contributed by atoms with Crippen molar-refractivity contribution in [3.05, 3.63) is 77.5 Å². The molecule has 1 fully saturated rings. The average molecular weight is 484 g/mol. The monoisotopic (exact) mass is 483 g/mol. The number of nitrogens with zero attached hydrogens (tertiary/aromatic N) is 2. The molecule has 1 aliphatic heterocycles. The standard InChI is InChI=1S/C25H29N3O5S/c1-18-15-20(22-9-5-6-10-23(22)26-18)16-33-21-11-13-28(14-12-21)34(31,32)17-24(27-25(29)30)19-7-3-2-4-8-19/h2-10,15,21,24,27H,11-14,16-17H2,1H3,(H,29,30). The van der Waals surface area contributed by atoms with Crippen LogP contribution < -0.4 is 5.32 Å². The Morgan fingerprint density at radius 2 is 1.82 bits per heavy atom. The number of carbonyl (C=O) groups is 1. The number of ether oxygens (including phenoxy) is 1. The van der Waals surface area contributed by atoms with E-state index in [1.54, 1.807) is 30.3 Å². The van der Waals surface area contributed by atoms with Crippen LogP contribution in [0, 0.1) is 6.92 Å². The molecule has 0 aliphatic carbocycles. The topological polar surface area (TPSA) is 109 Å². The van der Waals surface area contributed by atoms with E-state index in [9.17, 15) is 18.3 Å². The molecule has 0 spiro atoms. The molecule has 9 heteroatoms.